The summed E-state index contributed by atoms with van der Waals surface area (Å²) in [4.78, 5) is 13.2. The van der Waals surface area contributed by atoms with Crippen LogP contribution in [0, 0.1) is 11.8 Å². The Bertz CT molecular complexity index is 399. The van der Waals surface area contributed by atoms with Crippen molar-refractivity contribution in [2.75, 3.05) is 6.54 Å². The topological polar surface area (TPSA) is 55.1 Å². The van der Waals surface area contributed by atoms with E-state index in [4.69, 9.17) is 5.73 Å². The average Bonchev–Trinajstić information content (AvgIpc) is 2.82. The summed E-state index contributed by atoms with van der Waals surface area (Å²) in [6, 6.07) is 2.05. The SMILES string of the molecule is NCC1CCC(C(=O)NCc2cc(Br)cs2)CC1. The quantitative estimate of drug-likeness (QED) is 0.891. The van der Waals surface area contributed by atoms with Crippen molar-refractivity contribution in [3.05, 3.63) is 20.8 Å². The van der Waals surface area contributed by atoms with Gasteiger partial charge in [0, 0.05) is 20.6 Å². The van der Waals surface area contributed by atoms with Crippen molar-refractivity contribution in [2.45, 2.75) is 32.2 Å². The molecule has 0 aliphatic heterocycles. The summed E-state index contributed by atoms with van der Waals surface area (Å²) >= 11 is 5.08. The highest BCUT2D eigenvalue weighted by Gasteiger charge is 2.25. The van der Waals surface area contributed by atoms with Gasteiger partial charge in [-0.3, -0.25) is 4.79 Å². The molecule has 1 aromatic heterocycles. The molecule has 0 aromatic carbocycles. The molecule has 0 atom stereocenters. The van der Waals surface area contributed by atoms with Crippen LogP contribution < -0.4 is 11.1 Å². The molecule has 1 fully saturated rings. The first-order chi connectivity index (χ1) is 8.69. The molecule has 1 heterocycles. The smallest absolute Gasteiger partial charge is 0.223 e. The van der Waals surface area contributed by atoms with Crippen LogP contribution in [-0.2, 0) is 11.3 Å². The van der Waals surface area contributed by atoms with Gasteiger partial charge in [-0.05, 0) is 60.1 Å². The fourth-order valence-electron chi connectivity index (χ4n) is 2.43. The zero-order valence-electron chi connectivity index (χ0n) is 10.3. The minimum atomic E-state index is 0.191. The van der Waals surface area contributed by atoms with Crippen molar-refractivity contribution < 1.29 is 4.79 Å². The lowest BCUT2D eigenvalue weighted by atomic mass is 9.81. The maximum atomic E-state index is 12.0. The number of thiophene rings is 1. The normalized spacial score (nSPS) is 23.9. The van der Waals surface area contributed by atoms with E-state index in [2.05, 4.69) is 27.3 Å². The van der Waals surface area contributed by atoms with Crippen LogP contribution in [0.2, 0.25) is 0 Å². The van der Waals surface area contributed by atoms with E-state index >= 15 is 0 Å². The van der Waals surface area contributed by atoms with Crippen molar-refractivity contribution in [3.8, 4) is 0 Å². The Hall–Kier alpha value is -0.390. The molecule has 1 amide bonds. The molecule has 5 heteroatoms. The van der Waals surface area contributed by atoms with E-state index in [-0.39, 0.29) is 11.8 Å². The standard InChI is InChI=1S/C13H19BrN2OS/c14-11-5-12(18-8-11)7-16-13(17)10-3-1-9(6-15)2-4-10/h5,8-10H,1-4,6-7,15H2,(H,16,17). The van der Waals surface area contributed by atoms with E-state index in [0.29, 0.717) is 12.5 Å². The van der Waals surface area contributed by atoms with Crippen LogP contribution in [0.3, 0.4) is 0 Å². The highest BCUT2D eigenvalue weighted by molar-refractivity contribution is 9.10. The number of hydrogen-bond acceptors (Lipinski definition) is 3. The second-order valence-corrected chi connectivity index (χ2v) is 6.81. The Balaban J connectivity index is 1.75. The summed E-state index contributed by atoms with van der Waals surface area (Å²) in [7, 11) is 0. The molecule has 1 saturated carbocycles. The van der Waals surface area contributed by atoms with Crippen LogP contribution in [0.1, 0.15) is 30.6 Å². The monoisotopic (exact) mass is 330 g/mol. The summed E-state index contributed by atoms with van der Waals surface area (Å²) in [5.41, 5.74) is 5.66. The largest absolute Gasteiger partial charge is 0.351 e. The molecule has 100 valence electrons. The summed E-state index contributed by atoms with van der Waals surface area (Å²) in [5.74, 6) is 1.02. The fourth-order valence-corrected chi connectivity index (χ4v) is 3.82. The molecular weight excluding hydrogens is 312 g/mol. The van der Waals surface area contributed by atoms with Gasteiger partial charge in [-0.1, -0.05) is 0 Å². The third kappa shape index (κ3) is 3.80. The first-order valence-electron chi connectivity index (χ1n) is 6.39. The van der Waals surface area contributed by atoms with Crippen molar-refractivity contribution in [1.29, 1.82) is 0 Å². The lowest BCUT2D eigenvalue weighted by Crippen LogP contribution is -2.33. The number of halogens is 1. The Morgan fingerprint density at radius 1 is 1.44 bits per heavy atom. The minimum Gasteiger partial charge on any atom is -0.351 e. The Morgan fingerprint density at radius 2 is 2.17 bits per heavy atom. The van der Waals surface area contributed by atoms with Gasteiger partial charge in [-0.15, -0.1) is 11.3 Å². The lowest BCUT2D eigenvalue weighted by Gasteiger charge is -2.26. The molecule has 0 saturated heterocycles. The number of carbonyl (C=O) groups is 1. The molecule has 1 aliphatic carbocycles. The third-order valence-corrected chi connectivity index (χ3v) is 5.31. The summed E-state index contributed by atoms with van der Waals surface area (Å²) < 4.78 is 1.08. The number of amides is 1. The molecule has 3 nitrogen and oxygen atoms in total. The Kier molecular flexibility index (Phi) is 5.21. The van der Waals surface area contributed by atoms with E-state index in [1.165, 1.54) is 4.88 Å². The van der Waals surface area contributed by atoms with E-state index in [9.17, 15) is 4.79 Å². The van der Waals surface area contributed by atoms with Crippen molar-refractivity contribution in [3.63, 3.8) is 0 Å². The second-order valence-electron chi connectivity index (χ2n) is 4.90. The summed E-state index contributed by atoms with van der Waals surface area (Å²) in [6.45, 7) is 1.41. The van der Waals surface area contributed by atoms with Crippen LogP contribution in [0.4, 0.5) is 0 Å². The van der Waals surface area contributed by atoms with Crippen molar-refractivity contribution in [2.24, 2.45) is 17.6 Å². The lowest BCUT2D eigenvalue weighted by molar-refractivity contribution is -0.126. The fraction of sp³-hybridized carbons (Fsp3) is 0.615. The zero-order chi connectivity index (χ0) is 13.0. The van der Waals surface area contributed by atoms with Gasteiger partial charge in [-0.2, -0.15) is 0 Å². The molecule has 2 rings (SSSR count). The van der Waals surface area contributed by atoms with E-state index < -0.39 is 0 Å². The molecule has 0 bridgehead atoms. The van der Waals surface area contributed by atoms with Gasteiger partial charge in [0.2, 0.25) is 5.91 Å². The number of nitrogens with two attached hydrogens (primary N) is 1. The highest BCUT2D eigenvalue weighted by atomic mass is 79.9. The van der Waals surface area contributed by atoms with E-state index in [1.807, 2.05) is 5.38 Å². The van der Waals surface area contributed by atoms with Gasteiger partial charge >= 0.3 is 0 Å². The van der Waals surface area contributed by atoms with Gasteiger partial charge in [0.1, 0.15) is 0 Å². The maximum absolute atomic E-state index is 12.0. The van der Waals surface area contributed by atoms with Crippen LogP contribution in [0.15, 0.2) is 15.9 Å². The highest BCUT2D eigenvalue weighted by Crippen LogP contribution is 2.28. The molecule has 0 radical (unpaired) electrons. The Morgan fingerprint density at radius 3 is 2.72 bits per heavy atom. The van der Waals surface area contributed by atoms with Crippen molar-refractivity contribution in [1.82, 2.24) is 5.32 Å². The van der Waals surface area contributed by atoms with Gasteiger partial charge < -0.3 is 11.1 Å². The van der Waals surface area contributed by atoms with Crippen molar-refractivity contribution >= 4 is 33.2 Å². The van der Waals surface area contributed by atoms with Gasteiger partial charge in [0.25, 0.3) is 0 Å². The number of carbonyl (C=O) groups excluding carboxylic acids is 1. The van der Waals surface area contributed by atoms with Crippen LogP contribution in [0.25, 0.3) is 0 Å². The predicted molar refractivity (Wildman–Crippen MR) is 78.4 cm³/mol. The van der Waals surface area contributed by atoms with Crippen LogP contribution in [-0.4, -0.2) is 12.5 Å². The summed E-state index contributed by atoms with van der Waals surface area (Å²) in [6.07, 6.45) is 4.17. The molecule has 0 unspecified atom stereocenters. The van der Waals surface area contributed by atoms with E-state index in [1.54, 1.807) is 11.3 Å². The Labute approximate surface area is 120 Å². The molecular formula is C13H19BrN2OS. The molecule has 3 N–H and O–H groups in total. The third-order valence-electron chi connectivity index (χ3n) is 3.61. The molecule has 1 aromatic rings. The average molecular weight is 331 g/mol. The molecule has 18 heavy (non-hydrogen) atoms. The molecule has 0 spiro atoms. The second kappa shape index (κ2) is 6.68. The first-order valence-corrected chi connectivity index (χ1v) is 8.07. The van der Waals surface area contributed by atoms with E-state index in [0.717, 1.165) is 36.7 Å². The molecule has 1 aliphatic rings. The maximum Gasteiger partial charge on any atom is 0.223 e. The number of rotatable bonds is 4. The predicted octanol–water partition coefficient (Wildman–Crippen LogP) is 2.89. The van der Waals surface area contributed by atoms with Gasteiger partial charge in [0.15, 0.2) is 0 Å². The van der Waals surface area contributed by atoms with Gasteiger partial charge in [-0.25, -0.2) is 0 Å². The first kappa shape index (κ1) is 14.0. The minimum absolute atomic E-state index is 0.191. The van der Waals surface area contributed by atoms with Crippen LogP contribution in [0.5, 0.6) is 0 Å². The zero-order valence-corrected chi connectivity index (χ0v) is 12.7. The van der Waals surface area contributed by atoms with Crippen LogP contribution >= 0.6 is 27.3 Å². The number of nitrogens with one attached hydrogen (secondary N) is 1. The van der Waals surface area contributed by atoms with Gasteiger partial charge in [0.05, 0.1) is 6.54 Å². The summed E-state index contributed by atoms with van der Waals surface area (Å²) in [5, 5.41) is 5.07. The number of hydrogen-bond donors (Lipinski definition) is 2.